The highest BCUT2D eigenvalue weighted by atomic mass is 35.5. The first-order valence-electron chi connectivity index (χ1n) is 19.5. The number of rotatable bonds is 11. The lowest BCUT2D eigenvalue weighted by atomic mass is 9.93. The maximum absolute atomic E-state index is 13.7. The van der Waals surface area contributed by atoms with E-state index in [9.17, 15) is 28.8 Å². The summed E-state index contributed by atoms with van der Waals surface area (Å²) in [6.07, 6.45) is 4.54. The Morgan fingerprint density at radius 3 is 2.31 bits per heavy atom. The normalized spacial score (nSPS) is 20.6. The van der Waals surface area contributed by atoms with Crippen LogP contribution in [0.5, 0.6) is 0 Å². The lowest BCUT2D eigenvalue weighted by Crippen LogP contribution is -2.51. The molecule has 1 heterocycles. The third-order valence-corrected chi connectivity index (χ3v) is 9.52. The number of carbonyl (C=O) groups is 6. The molecule has 4 N–H and O–H groups in total. The molecule has 0 saturated heterocycles. The van der Waals surface area contributed by atoms with Crippen LogP contribution in [0.15, 0.2) is 60.7 Å². The topological polar surface area (TPSA) is 178 Å². The Balaban J connectivity index is 1.79. The second kappa shape index (κ2) is 21.5. The average Bonchev–Trinajstić information content (AvgIpc) is 3.13. The molecule has 0 radical (unpaired) electrons. The fourth-order valence-corrected chi connectivity index (χ4v) is 5.81. The molecule has 4 atom stereocenters. The minimum absolute atomic E-state index is 0.0145. The standard InChI is InChI=1S/C44H59ClN4O9/c1-27(2)21-36-40(53)56-35(29(4)14-15-30-17-19-31(20-18-30)24-46-38(51)25-47-42(55)58-43(5,6)7)11-10-12-37(50)49-34(23-32-16-13-28(3)33(45)22-32)39(52)48-26-44(8,9)41(54)57-36/h10,12-20,22,27,29,34-36H,11,21,23-26H2,1-9H3,(H,46,51)(H,47,55)(H,48,52)(H,49,50)/b12-10+,15-14+/t29-,34-,35+,36+/m1/s1. The van der Waals surface area contributed by atoms with E-state index in [4.69, 9.17) is 25.8 Å². The van der Waals surface area contributed by atoms with Gasteiger partial charge in [-0.15, -0.1) is 0 Å². The van der Waals surface area contributed by atoms with Crippen molar-refractivity contribution in [1.29, 1.82) is 0 Å². The van der Waals surface area contributed by atoms with Crippen molar-refractivity contribution in [2.24, 2.45) is 17.3 Å². The molecule has 0 saturated carbocycles. The van der Waals surface area contributed by atoms with Gasteiger partial charge in [0.15, 0.2) is 6.10 Å². The molecule has 2 aromatic rings. The van der Waals surface area contributed by atoms with Gasteiger partial charge in [-0.2, -0.15) is 0 Å². The number of aryl methyl sites for hydroxylation is 1. The van der Waals surface area contributed by atoms with Crippen LogP contribution in [0.25, 0.3) is 6.08 Å². The van der Waals surface area contributed by atoms with Crippen LogP contribution in [-0.4, -0.2) is 72.7 Å². The highest BCUT2D eigenvalue weighted by Crippen LogP contribution is 2.24. The number of benzene rings is 2. The van der Waals surface area contributed by atoms with Crippen molar-refractivity contribution in [3.05, 3.63) is 88.0 Å². The van der Waals surface area contributed by atoms with E-state index < -0.39 is 59.1 Å². The van der Waals surface area contributed by atoms with E-state index >= 15 is 0 Å². The van der Waals surface area contributed by atoms with Crippen LogP contribution in [0.2, 0.25) is 5.02 Å². The van der Waals surface area contributed by atoms with Gasteiger partial charge in [0.25, 0.3) is 0 Å². The zero-order valence-corrected chi connectivity index (χ0v) is 35.8. The summed E-state index contributed by atoms with van der Waals surface area (Å²) in [6.45, 7) is 15.9. The summed E-state index contributed by atoms with van der Waals surface area (Å²) < 4.78 is 17.0. The highest BCUT2D eigenvalue weighted by molar-refractivity contribution is 6.31. The molecule has 0 spiro atoms. The maximum Gasteiger partial charge on any atom is 0.408 e. The molecule has 1 aliphatic rings. The summed E-state index contributed by atoms with van der Waals surface area (Å²) in [7, 11) is 0. The van der Waals surface area contributed by atoms with Crippen molar-refractivity contribution in [3.8, 4) is 0 Å². The van der Waals surface area contributed by atoms with Gasteiger partial charge in [-0.25, -0.2) is 9.59 Å². The van der Waals surface area contributed by atoms with Crippen molar-refractivity contribution < 1.29 is 43.0 Å². The predicted molar refractivity (Wildman–Crippen MR) is 222 cm³/mol. The van der Waals surface area contributed by atoms with Crippen molar-refractivity contribution in [1.82, 2.24) is 21.3 Å². The van der Waals surface area contributed by atoms with Gasteiger partial charge in [0.05, 0.1) is 5.41 Å². The summed E-state index contributed by atoms with van der Waals surface area (Å²) >= 11 is 6.35. The van der Waals surface area contributed by atoms with Crippen LogP contribution in [-0.2, 0) is 51.1 Å². The SMILES string of the molecule is Cc1ccc(C[C@H]2NC(=O)/C=C/C[C@@H]([C@H](C)/C=C/c3ccc(CNC(=O)CNC(=O)OC(C)(C)C)cc3)OC(=O)[C@H](CC(C)C)OC(=O)C(C)(C)CNC2=O)cc1Cl. The monoisotopic (exact) mass is 822 g/mol. The number of alkyl carbamates (subject to hydrolysis) is 1. The van der Waals surface area contributed by atoms with Crippen LogP contribution in [0.4, 0.5) is 4.79 Å². The van der Waals surface area contributed by atoms with Crippen LogP contribution in [0.1, 0.15) is 90.5 Å². The van der Waals surface area contributed by atoms with Gasteiger partial charge in [0, 0.05) is 36.9 Å². The van der Waals surface area contributed by atoms with Gasteiger partial charge in [0.1, 0.15) is 24.3 Å². The quantitative estimate of drug-likeness (QED) is 0.153. The number of carbonyl (C=O) groups excluding carboxylic acids is 6. The summed E-state index contributed by atoms with van der Waals surface area (Å²) in [5.41, 5.74) is 1.40. The van der Waals surface area contributed by atoms with Crippen LogP contribution < -0.4 is 21.3 Å². The third-order valence-electron chi connectivity index (χ3n) is 9.11. The Morgan fingerprint density at radius 2 is 1.67 bits per heavy atom. The minimum atomic E-state index is -1.22. The molecule has 3 rings (SSSR count). The van der Waals surface area contributed by atoms with Crippen LogP contribution in [0, 0.1) is 24.2 Å². The van der Waals surface area contributed by atoms with E-state index in [1.54, 1.807) is 46.8 Å². The largest absolute Gasteiger partial charge is 0.459 e. The lowest BCUT2D eigenvalue weighted by molar-refractivity contribution is -0.178. The Morgan fingerprint density at radius 1 is 1.00 bits per heavy atom. The zero-order chi connectivity index (χ0) is 43.2. The van der Waals surface area contributed by atoms with Crippen LogP contribution in [0.3, 0.4) is 0 Å². The van der Waals surface area contributed by atoms with Gasteiger partial charge in [-0.05, 0) is 88.3 Å². The first-order valence-corrected chi connectivity index (χ1v) is 19.9. The van der Waals surface area contributed by atoms with E-state index in [1.165, 1.54) is 6.08 Å². The fraction of sp³-hybridized carbons (Fsp3) is 0.500. The van der Waals surface area contributed by atoms with Gasteiger partial charge >= 0.3 is 18.0 Å². The predicted octanol–water partition coefficient (Wildman–Crippen LogP) is 6.14. The zero-order valence-electron chi connectivity index (χ0n) is 35.0. The molecule has 0 aromatic heterocycles. The highest BCUT2D eigenvalue weighted by Gasteiger charge is 2.37. The van der Waals surface area contributed by atoms with Crippen LogP contribution >= 0.6 is 11.6 Å². The summed E-state index contributed by atoms with van der Waals surface area (Å²) in [5, 5.41) is 11.3. The van der Waals surface area contributed by atoms with Crippen molar-refractivity contribution in [2.75, 3.05) is 13.1 Å². The number of halogens is 1. The molecular weight excluding hydrogens is 764 g/mol. The summed E-state index contributed by atoms with van der Waals surface area (Å²) in [4.78, 5) is 78.0. The molecule has 0 unspecified atom stereocenters. The molecule has 0 bridgehead atoms. The number of cyclic esters (lactones) is 2. The molecule has 13 nitrogen and oxygen atoms in total. The minimum Gasteiger partial charge on any atom is -0.459 e. The van der Waals surface area contributed by atoms with Crippen molar-refractivity contribution >= 4 is 53.4 Å². The number of esters is 2. The van der Waals surface area contributed by atoms with Gasteiger partial charge in [-0.3, -0.25) is 19.2 Å². The summed E-state index contributed by atoms with van der Waals surface area (Å²) in [5.74, 6) is -3.15. The Hall–Kier alpha value is -5.17. The number of hydrogen-bond acceptors (Lipinski definition) is 9. The lowest BCUT2D eigenvalue weighted by Gasteiger charge is -2.29. The Labute approximate surface area is 347 Å². The smallest absolute Gasteiger partial charge is 0.408 e. The van der Waals surface area contributed by atoms with Gasteiger partial charge in [0.2, 0.25) is 17.7 Å². The molecule has 4 amide bonds. The van der Waals surface area contributed by atoms with E-state index in [0.717, 1.165) is 22.3 Å². The van der Waals surface area contributed by atoms with Gasteiger partial charge < -0.3 is 35.5 Å². The molecule has 1 aliphatic heterocycles. The van der Waals surface area contributed by atoms with E-state index in [-0.39, 0.29) is 56.6 Å². The molecular formula is C44H59ClN4O9. The number of amides is 4. The fourth-order valence-electron chi connectivity index (χ4n) is 5.61. The molecule has 0 aliphatic carbocycles. The summed E-state index contributed by atoms with van der Waals surface area (Å²) in [6, 6.07) is 11.9. The van der Waals surface area contributed by atoms with Crippen molar-refractivity contribution in [3.63, 3.8) is 0 Å². The number of ether oxygens (including phenoxy) is 3. The molecule has 0 fully saturated rings. The second-order valence-corrected chi connectivity index (χ2v) is 17.1. The van der Waals surface area contributed by atoms with E-state index in [1.807, 2.05) is 76.2 Å². The maximum atomic E-state index is 13.7. The Kier molecular flexibility index (Phi) is 17.5. The average molecular weight is 823 g/mol. The van der Waals surface area contributed by atoms with Gasteiger partial charge in [-0.1, -0.05) is 87.0 Å². The first kappa shape index (κ1) is 47.2. The molecule has 14 heteroatoms. The molecule has 58 heavy (non-hydrogen) atoms. The van der Waals surface area contributed by atoms with E-state index in [2.05, 4.69) is 21.3 Å². The van der Waals surface area contributed by atoms with Crippen molar-refractivity contribution in [2.45, 2.75) is 112 Å². The number of nitrogens with one attached hydrogen (secondary N) is 4. The molecule has 316 valence electrons. The number of hydrogen-bond donors (Lipinski definition) is 4. The van der Waals surface area contributed by atoms with E-state index in [0.29, 0.717) is 5.02 Å². The molecule has 2 aromatic carbocycles. The second-order valence-electron chi connectivity index (χ2n) is 16.7. The first-order chi connectivity index (χ1) is 27.1. The Bertz CT molecular complexity index is 1830. The third kappa shape index (κ3) is 16.4.